The van der Waals surface area contributed by atoms with E-state index in [2.05, 4.69) is 4.98 Å². The molecule has 1 aromatic heterocycles. The highest BCUT2D eigenvalue weighted by Crippen LogP contribution is 2.51. The van der Waals surface area contributed by atoms with Gasteiger partial charge in [-0.3, -0.25) is 0 Å². The van der Waals surface area contributed by atoms with E-state index in [0.29, 0.717) is 31.3 Å². The Balaban J connectivity index is 1.65. The van der Waals surface area contributed by atoms with E-state index in [1.807, 2.05) is 0 Å². The van der Waals surface area contributed by atoms with Crippen LogP contribution in [-0.4, -0.2) is 15.5 Å². The predicted molar refractivity (Wildman–Crippen MR) is 82.7 cm³/mol. The van der Waals surface area contributed by atoms with Gasteiger partial charge in [0.15, 0.2) is 0 Å². The Morgan fingerprint density at radius 3 is 2.78 bits per heavy atom. The minimum absolute atomic E-state index is 0.318. The van der Waals surface area contributed by atoms with E-state index >= 15 is 0 Å². The molecule has 0 N–H and O–H groups in total. The van der Waals surface area contributed by atoms with Gasteiger partial charge < -0.3 is 4.57 Å². The zero-order valence-electron chi connectivity index (χ0n) is 13.1. The third-order valence-electron chi connectivity index (χ3n) is 5.61. The zero-order chi connectivity index (χ0) is 16.0. The molecule has 2 heterocycles. The maximum atomic E-state index is 14.8. The molecule has 1 saturated carbocycles. The van der Waals surface area contributed by atoms with Crippen LogP contribution in [0.25, 0.3) is 5.57 Å². The summed E-state index contributed by atoms with van der Waals surface area (Å²) < 4.78 is 45.8. The second kappa shape index (κ2) is 5.53. The summed E-state index contributed by atoms with van der Waals surface area (Å²) in [6.45, 7) is 0. The average molecular weight is 322 g/mol. The topological polar surface area (TPSA) is 17.8 Å². The fraction of sp³-hybridized carbons (Fsp3) is 0.611. The first-order chi connectivity index (χ1) is 11.1. The van der Waals surface area contributed by atoms with Crippen molar-refractivity contribution in [2.45, 2.75) is 63.3 Å². The molecule has 2 aliphatic carbocycles. The van der Waals surface area contributed by atoms with Crippen LogP contribution < -0.4 is 0 Å². The van der Waals surface area contributed by atoms with Gasteiger partial charge in [-0.1, -0.05) is 19.3 Å². The van der Waals surface area contributed by atoms with E-state index < -0.39 is 17.9 Å². The number of imidazole rings is 1. The van der Waals surface area contributed by atoms with Crippen molar-refractivity contribution in [1.29, 1.82) is 0 Å². The van der Waals surface area contributed by atoms with Gasteiger partial charge in [-0.25, -0.2) is 18.2 Å². The molecule has 1 unspecified atom stereocenters. The lowest BCUT2D eigenvalue weighted by molar-refractivity contribution is -0.0839. The number of nitrogens with zero attached hydrogens (tertiary/aromatic N) is 2. The van der Waals surface area contributed by atoms with E-state index in [9.17, 15) is 13.2 Å². The molecular weight excluding hydrogens is 301 g/mol. The summed E-state index contributed by atoms with van der Waals surface area (Å²) in [7, 11) is 0. The van der Waals surface area contributed by atoms with Gasteiger partial charge in [0.05, 0.1) is 24.3 Å². The quantitative estimate of drug-likeness (QED) is 0.724. The lowest BCUT2D eigenvalue weighted by atomic mass is 9.81. The van der Waals surface area contributed by atoms with Crippen LogP contribution >= 0.6 is 0 Å². The molecule has 124 valence electrons. The van der Waals surface area contributed by atoms with Gasteiger partial charge in [0, 0.05) is 17.9 Å². The first-order valence-electron chi connectivity index (χ1n) is 8.57. The maximum Gasteiger partial charge on any atom is 0.253 e. The third kappa shape index (κ3) is 2.45. The first-order valence-corrected chi connectivity index (χ1v) is 8.57. The third-order valence-corrected chi connectivity index (χ3v) is 5.61. The molecule has 4 rings (SSSR count). The van der Waals surface area contributed by atoms with E-state index in [-0.39, 0.29) is 12.2 Å². The number of alkyl halides is 2. The van der Waals surface area contributed by atoms with Crippen LogP contribution in [0.5, 0.6) is 0 Å². The monoisotopic (exact) mass is 322 g/mol. The van der Waals surface area contributed by atoms with Crippen molar-refractivity contribution in [2.24, 2.45) is 5.92 Å². The maximum absolute atomic E-state index is 14.8. The summed E-state index contributed by atoms with van der Waals surface area (Å²) in [6, 6.07) is -0.615. The van der Waals surface area contributed by atoms with Crippen LogP contribution in [0.1, 0.15) is 63.1 Å². The molecule has 1 aromatic rings. The van der Waals surface area contributed by atoms with Gasteiger partial charge in [-0.2, -0.15) is 0 Å². The van der Waals surface area contributed by atoms with Crippen LogP contribution in [0.15, 0.2) is 30.0 Å². The molecule has 23 heavy (non-hydrogen) atoms. The Kier molecular flexibility index (Phi) is 3.62. The number of aromatic nitrogens is 2. The number of hydrogen-bond acceptors (Lipinski definition) is 1. The highest BCUT2D eigenvalue weighted by atomic mass is 19.3. The Morgan fingerprint density at radius 1 is 1.22 bits per heavy atom. The van der Waals surface area contributed by atoms with E-state index in [4.69, 9.17) is 0 Å². The van der Waals surface area contributed by atoms with Crippen molar-refractivity contribution >= 4 is 5.57 Å². The smallest absolute Gasteiger partial charge is 0.253 e. The standard InChI is InChI=1S/C18H21F3N2/c19-14-8-4-7-13-16-10-22-11-23(16)15(17(13)14)9-18(20,21)12-5-2-1-3-6-12/h8,10-12,15H,1-7,9H2. The second-order valence-electron chi connectivity index (χ2n) is 6.99. The molecule has 1 fully saturated rings. The molecule has 1 atom stereocenters. The summed E-state index contributed by atoms with van der Waals surface area (Å²) in [4.78, 5) is 4.09. The molecule has 0 radical (unpaired) electrons. The molecular formula is C18H21F3N2. The molecule has 2 nitrogen and oxygen atoms in total. The molecule has 0 bridgehead atoms. The van der Waals surface area contributed by atoms with Gasteiger partial charge in [0.2, 0.25) is 0 Å². The minimum atomic E-state index is -2.76. The average Bonchev–Trinajstić information content (AvgIpc) is 3.12. The molecule has 3 aliphatic rings. The van der Waals surface area contributed by atoms with Crippen molar-refractivity contribution < 1.29 is 13.2 Å². The highest BCUT2D eigenvalue weighted by molar-refractivity contribution is 5.75. The molecule has 0 saturated heterocycles. The molecule has 5 heteroatoms. The number of halogens is 3. The predicted octanol–water partition coefficient (Wildman–Crippen LogP) is 5.44. The lowest BCUT2D eigenvalue weighted by Gasteiger charge is -2.32. The first kappa shape index (κ1) is 15.0. The van der Waals surface area contributed by atoms with Gasteiger partial charge in [0.1, 0.15) is 5.83 Å². The molecule has 1 aliphatic heterocycles. The van der Waals surface area contributed by atoms with Crippen LogP contribution in [0.2, 0.25) is 0 Å². The Hall–Kier alpha value is -1.52. The molecule has 0 spiro atoms. The summed E-state index contributed by atoms with van der Waals surface area (Å²) in [5, 5.41) is 0. The number of hydrogen-bond donors (Lipinski definition) is 0. The van der Waals surface area contributed by atoms with Crippen molar-refractivity contribution in [1.82, 2.24) is 9.55 Å². The Labute approximate surface area is 134 Å². The SMILES string of the molecule is FC1=CCCC2=C1C(CC(F)(F)C1CCCCC1)n1cncc12. The zero-order valence-corrected chi connectivity index (χ0v) is 13.1. The number of allylic oxidation sites excluding steroid dienone is 4. The van der Waals surface area contributed by atoms with Gasteiger partial charge in [0.25, 0.3) is 5.92 Å². The van der Waals surface area contributed by atoms with Crippen LogP contribution in [0.3, 0.4) is 0 Å². The van der Waals surface area contributed by atoms with E-state index in [1.165, 1.54) is 6.08 Å². The molecule has 0 amide bonds. The van der Waals surface area contributed by atoms with Gasteiger partial charge >= 0.3 is 0 Å². The number of fused-ring (bicyclic) bond motifs is 2. The Bertz CT molecular complexity index is 666. The van der Waals surface area contributed by atoms with Crippen LogP contribution in [0.4, 0.5) is 13.2 Å². The van der Waals surface area contributed by atoms with E-state index in [1.54, 1.807) is 17.1 Å². The largest absolute Gasteiger partial charge is 0.323 e. The van der Waals surface area contributed by atoms with Gasteiger partial charge in [-0.05, 0) is 37.3 Å². The van der Waals surface area contributed by atoms with Crippen LogP contribution in [0, 0.1) is 5.92 Å². The molecule has 0 aromatic carbocycles. The fourth-order valence-electron chi connectivity index (χ4n) is 4.43. The van der Waals surface area contributed by atoms with Crippen molar-refractivity contribution in [3.8, 4) is 0 Å². The fourth-order valence-corrected chi connectivity index (χ4v) is 4.43. The summed E-state index contributed by atoms with van der Waals surface area (Å²) in [5.74, 6) is -3.64. The van der Waals surface area contributed by atoms with Crippen molar-refractivity contribution in [2.75, 3.05) is 0 Å². The second-order valence-corrected chi connectivity index (χ2v) is 6.99. The van der Waals surface area contributed by atoms with Gasteiger partial charge in [-0.15, -0.1) is 0 Å². The summed E-state index contributed by atoms with van der Waals surface area (Å²) in [6.07, 6.45) is 9.77. The Morgan fingerprint density at radius 2 is 2.00 bits per heavy atom. The van der Waals surface area contributed by atoms with E-state index in [0.717, 1.165) is 30.5 Å². The van der Waals surface area contributed by atoms with Crippen molar-refractivity contribution in [3.05, 3.63) is 35.7 Å². The lowest BCUT2D eigenvalue weighted by Crippen LogP contribution is -2.33. The summed E-state index contributed by atoms with van der Waals surface area (Å²) >= 11 is 0. The van der Waals surface area contributed by atoms with Crippen molar-refractivity contribution in [3.63, 3.8) is 0 Å². The highest BCUT2D eigenvalue weighted by Gasteiger charge is 2.46. The minimum Gasteiger partial charge on any atom is -0.323 e. The normalized spacial score (nSPS) is 25.3. The van der Waals surface area contributed by atoms with Crippen LogP contribution in [-0.2, 0) is 0 Å². The number of rotatable bonds is 3. The summed E-state index contributed by atoms with van der Waals surface area (Å²) in [5.41, 5.74) is 2.16.